The molecule has 30 heavy (non-hydrogen) atoms. The van der Waals surface area contributed by atoms with Crippen LogP contribution in [0.15, 0.2) is 54.6 Å². The Bertz CT molecular complexity index is 1140. The van der Waals surface area contributed by atoms with Crippen molar-refractivity contribution in [3.05, 3.63) is 70.9 Å². The summed E-state index contributed by atoms with van der Waals surface area (Å²) in [5.41, 5.74) is 1.10. The first-order chi connectivity index (χ1) is 14.4. The van der Waals surface area contributed by atoms with Crippen LogP contribution in [0.25, 0.3) is 10.9 Å². The van der Waals surface area contributed by atoms with Crippen LogP contribution in [0, 0.1) is 0 Å². The molecule has 3 aromatic rings. The quantitative estimate of drug-likeness (QED) is 0.636. The summed E-state index contributed by atoms with van der Waals surface area (Å²) in [6.45, 7) is 0.720. The number of hydrogen-bond donors (Lipinski definition) is 2. The van der Waals surface area contributed by atoms with Crippen molar-refractivity contribution in [2.75, 3.05) is 13.1 Å². The number of imide groups is 1. The van der Waals surface area contributed by atoms with Gasteiger partial charge in [-0.1, -0.05) is 41.9 Å². The van der Waals surface area contributed by atoms with Crippen molar-refractivity contribution >= 4 is 40.3 Å². The normalized spacial score (nSPS) is 21.1. The highest BCUT2D eigenvalue weighted by Gasteiger charge is 2.55. The summed E-state index contributed by atoms with van der Waals surface area (Å²) in [4.78, 5) is 44.6. The number of rotatable bonds is 3. The van der Waals surface area contributed by atoms with Gasteiger partial charge in [-0.15, -0.1) is 0 Å². The largest absolute Gasteiger partial charge is 0.351 e. The Morgan fingerprint density at radius 1 is 1.10 bits per heavy atom. The molecule has 2 aromatic carbocycles. The number of amides is 4. The van der Waals surface area contributed by atoms with Gasteiger partial charge >= 0.3 is 6.03 Å². The Balaban J connectivity index is 1.33. The van der Waals surface area contributed by atoms with Crippen molar-refractivity contribution in [2.24, 2.45) is 0 Å². The van der Waals surface area contributed by atoms with Crippen LogP contribution in [0.5, 0.6) is 0 Å². The van der Waals surface area contributed by atoms with Crippen molar-refractivity contribution in [1.82, 2.24) is 20.1 Å². The lowest BCUT2D eigenvalue weighted by Crippen LogP contribution is -2.49. The summed E-state index contributed by atoms with van der Waals surface area (Å²) in [6, 6.07) is 16.1. The second-order valence-corrected chi connectivity index (χ2v) is 8.21. The monoisotopic (exact) mass is 422 g/mol. The summed E-state index contributed by atoms with van der Waals surface area (Å²) >= 11 is 5.91. The highest BCUT2D eigenvalue weighted by molar-refractivity contribution is 6.30. The number of para-hydroxylation sites is 1. The van der Waals surface area contributed by atoms with E-state index >= 15 is 0 Å². The molecule has 2 fully saturated rings. The molecule has 4 amide bonds. The zero-order chi connectivity index (χ0) is 20.9. The first-order valence-electron chi connectivity index (χ1n) is 9.71. The number of halogens is 1. The van der Waals surface area contributed by atoms with Gasteiger partial charge in [0.05, 0.1) is 13.1 Å². The van der Waals surface area contributed by atoms with Crippen LogP contribution in [0.2, 0.25) is 5.02 Å². The lowest BCUT2D eigenvalue weighted by molar-refractivity contribution is -0.131. The number of aromatic amines is 1. The van der Waals surface area contributed by atoms with Gasteiger partial charge in [-0.25, -0.2) is 4.79 Å². The van der Waals surface area contributed by atoms with Gasteiger partial charge in [-0.2, -0.15) is 0 Å². The summed E-state index contributed by atoms with van der Waals surface area (Å²) in [7, 11) is 0. The average molecular weight is 423 g/mol. The fourth-order valence-corrected chi connectivity index (χ4v) is 4.34. The van der Waals surface area contributed by atoms with Gasteiger partial charge in [0, 0.05) is 22.5 Å². The lowest BCUT2D eigenvalue weighted by Gasteiger charge is -2.22. The maximum atomic E-state index is 13.1. The first-order valence-corrected chi connectivity index (χ1v) is 10.1. The zero-order valence-corrected chi connectivity index (χ0v) is 16.8. The summed E-state index contributed by atoms with van der Waals surface area (Å²) < 4.78 is 0. The van der Waals surface area contributed by atoms with Gasteiger partial charge in [-0.05, 0) is 36.2 Å². The predicted molar refractivity (Wildman–Crippen MR) is 112 cm³/mol. The maximum Gasteiger partial charge on any atom is 0.325 e. The molecule has 152 valence electrons. The maximum absolute atomic E-state index is 13.1. The van der Waals surface area contributed by atoms with Crippen molar-refractivity contribution in [3.8, 4) is 0 Å². The van der Waals surface area contributed by atoms with Gasteiger partial charge < -0.3 is 15.2 Å². The molecular formula is C22H19ClN4O3. The number of nitrogens with zero attached hydrogens (tertiary/aromatic N) is 2. The number of aromatic nitrogens is 1. The molecule has 2 N–H and O–H groups in total. The van der Waals surface area contributed by atoms with E-state index in [1.165, 1.54) is 4.90 Å². The molecular weight excluding hydrogens is 404 g/mol. The summed E-state index contributed by atoms with van der Waals surface area (Å²) in [5, 5.41) is 4.38. The predicted octanol–water partition coefficient (Wildman–Crippen LogP) is 3.16. The fraction of sp³-hybridized carbons (Fsp3) is 0.227. The molecule has 1 aromatic heterocycles. The first kappa shape index (κ1) is 18.7. The van der Waals surface area contributed by atoms with Gasteiger partial charge in [0.25, 0.3) is 11.8 Å². The van der Waals surface area contributed by atoms with E-state index < -0.39 is 11.6 Å². The Kier molecular flexibility index (Phi) is 4.29. The third-order valence-corrected chi connectivity index (χ3v) is 6.07. The Labute approximate surface area is 177 Å². The molecule has 3 heterocycles. The molecule has 1 spiro atoms. The van der Waals surface area contributed by atoms with Crippen LogP contribution in [-0.2, 0) is 11.3 Å². The van der Waals surface area contributed by atoms with E-state index in [4.69, 9.17) is 11.6 Å². The number of nitrogens with one attached hydrogen (secondary N) is 2. The van der Waals surface area contributed by atoms with E-state index in [0.717, 1.165) is 16.5 Å². The molecule has 1 atom stereocenters. The topological polar surface area (TPSA) is 85.5 Å². The van der Waals surface area contributed by atoms with Gasteiger partial charge in [-0.3, -0.25) is 14.5 Å². The van der Waals surface area contributed by atoms with Gasteiger partial charge in [0.2, 0.25) is 0 Å². The summed E-state index contributed by atoms with van der Waals surface area (Å²) in [6.07, 6.45) is 0.390. The van der Waals surface area contributed by atoms with Crippen LogP contribution >= 0.6 is 11.6 Å². The molecule has 5 rings (SSSR count). The van der Waals surface area contributed by atoms with Crippen LogP contribution < -0.4 is 5.32 Å². The Morgan fingerprint density at radius 3 is 2.63 bits per heavy atom. The molecule has 0 unspecified atom stereocenters. The van der Waals surface area contributed by atoms with E-state index in [0.29, 0.717) is 23.7 Å². The van der Waals surface area contributed by atoms with E-state index in [-0.39, 0.29) is 24.9 Å². The third-order valence-electron chi connectivity index (χ3n) is 5.82. The molecule has 7 nitrogen and oxygen atoms in total. The standard InChI is InChI=1S/C22H19ClN4O3/c23-16-7-5-14(6-8-16)12-27-20(29)22(25-21(27)30)9-10-26(13-22)19(28)18-11-15-3-1-2-4-17(15)24-18/h1-8,11,24H,9-10,12-13H2,(H,25,30)/t22-/m1/s1. The molecule has 0 saturated carbocycles. The lowest BCUT2D eigenvalue weighted by atomic mass is 9.99. The minimum atomic E-state index is -1.06. The minimum Gasteiger partial charge on any atom is -0.351 e. The second kappa shape index (κ2) is 6.88. The number of urea groups is 1. The van der Waals surface area contributed by atoms with Crippen molar-refractivity contribution in [2.45, 2.75) is 18.5 Å². The fourth-order valence-electron chi connectivity index (χ4n) is 4.21. The number of carbonyl (C=O) groups excluding carboxylic acids is 3. The van der Waals surface area contributed by atoms with E-state index in [9.17, 15) is 14.4 Å². The van der Waals surface area contributed by atoms with E-state index in [1.807, 2.05) is 30.3 Å². The number of fused-ring (bicyclic) bond motifs is 1. The Hall–Kier alpha value is -3.32. The average Bonchev–Trinajstić information content (AvgIpc) is 3.42. The molecule has 2 saturated heterocycles. The molecule has 0 radical (unpaired) electrons. The molecule has 0 aliphatic carbocycles. The molecule has 2 aliphatic rings. The summed E-state index contributed by atoms with van der Waals surface area (Å²) in [5.74, 6) is -0.476. The van der Waals surface area contributed by atoms with Crippen molar-refractivity contribution < 1.29 is 14.4 Å². The number of carbonyl (C=O) groups is 3. The number of hydrogen-bond acceptors (Lipinski definition) is 3. The molecule has 8 heteroatoms. The Morgan fingerprint density at radius 2 is 1.87 bits per heavy atom. The highest BCUT2D eigenvalue weighted by atomic mass is 35.5. The van der Waals surface area contributed by atoms with Crippen LogP contribution in [0.4, 0.5) is 4.79 Å². The molecule has 0 bridgehead atoms. The number of likely N-dealkylation sites (tertiary alicyclic amines) is 1. The SMILES string of the molecule is O=C(c1cc2ccccc2[nH]1)N1CC[C@]2(C1)NC(=O)N(Cc1ccc(Cl)cc1)C2=O. The van der Waals surface area contributed by atoms with Crippen LogP contribution in [-0.4, -0.2) is 51.3 Å². The van der Waals surface area contributed by atoms with Gasteiger partial charge in [0.15, 0.2) is 0 Å². The third kappa shape index (κ3) is 3.02. The van der Waals surface area contributed by atoms with E-state index in [1.54, 1.807) is 29.2 Å². The minimum absolute atomic E-state index is 0.156. The van der Waals surface area contributed by atoms with E-state index in [2.05, 4.69) is 10.3 Å². The molecule has 2 aliphatic heterocycles. The zero-order valence-electron chi connectivity index (χ0n) is 16.0. The highest BCUT2D eigenvalue weighted by Crippen LogP contribution is 2.31. The van der Waals surface area contributed by atoms with Crippen LogP contribution in [0.1, 0.15) is 22.5 Å². The smallest absolute Gasteiger partial charge is 0.325 e. The number of H-pyrrole nitrogens is 1. The van der Waals surface area contributed by atoms with Crippen molar-refractivity contribution in [3.63, 3.8) is 0 Å². The second-order valence-electron chi connectivity index (χ2n) is 7.78. The van der Waals surface area contributed by atoms with Crippen molar-refractivity contribution in [1.29, 1.82) is 0 Å². The van der Waals surface area contributed by atoms with Gasteiger partial charge in [0.1, 0.15) is 11.2 Å². The van der Waals surface area contributed by atoms with Crippen LogP contribution in [0.3, 0.4) is 0 Å². The number of benzene rings is 2.